The van der Waals surface area contributed by atoms with Crippen LogP contribution in [0.1, 0.15) is 49.3 Å². The summed E-state index contributed by atoms with van der Waals surface area (Å²) in [5.74, 6) is 0.945. The molecule has 27 heavy (non-hydrogen) atoms. The number of nitrogens with one attached hydrogen (secondary N) is 1. The number of aryl methyl sites for hydroxylation is 3. The van der Waals surface area contributed by atoms with Crippen molar-refractivity contribution in [3.05, 3.63) is 53.1 Å². The van der Waals surface area contributed by atoms with Crippen molar-refractivity contribution in [1.82, 2.24) is 4.98 Å². The Morgan fingerprint density at radius 2 is 1.67 bits per heavy atom. The normalized spacial score (nSPS) is 11.3. The van der Waals surface area contributed by atoms with Gasteiger partial charge in [-0.15, -0.1) is 0 Å². The molecule has 0 unspecified atom stereocenters. The standard InChI is InChI=1S/C24H32N2O/c1-4-5-16-27-20-13-11-19(12-14-20)24-21(8-6-7-15-25)22-17(2)9-10-18(3)23(22)26-24/h9-14,26H,4-8,15-16,25H2,1-3H3. The lowest BCUT2D eigenvalue weighted by Gasteiger charge is -2.09. The Balaban J connectivity index is 1.98. The number of hydrogen-bond donors (Lipinski definition) is 2. The second kappa shape index (κ2) is 9.09. The highest BCUT2D eigenvalue weighted by molar-refractivity contribution is 5.95. The minimum atomic E-state index is 0.749. The van der Waals surface area contributed by atoms with Gasteiger partial charge in [-0.05, 0) is 92.6 Å². The maximum Gasteiger partial charge on any atom is 0.119 e. The minimum absolute atomic E-state index is 0.749. The molecule has 144 valence electrons. The molecule has 1 heterocycles. The van der Waals surface area contributed by atoms with E-state index in [1.165, 1.54) is 38.9 Å². The molecule has 1 aromatic heterocycles. The average Bonchev–Trinajstić information content (AvgIpc) is 3.07. The smallest absolute Gasteiger partial charge is 0.119 e. The van der Waals surface area contributed by atoms with Gasteiger partial charge in [0.25, 0.3) is 0 Å². The van der Waals surface area contributed by atoms with Gasteiger partial charge in [0.2, 0.25) is 0 Å². The number of nitrogens with two attached hydrogens (primary N) is 1. The second-order valence-corrected chi connectivity index (χ2v) is 7.40. The van der Waals surface area contributed by atoms with E-state index in [1.54, 1.807) is 0 Å². The first kappa shape index (κ1) is 19.5. The molecule has 3 N–H and O–H groups in total. The van der Waals surface area contributed by atoms with Crippen molar-refractivity contribution in [2.75, 3.05) is 13.2 Å². The number of aromatic nitrogens is 1. The highest BCUT2D eigenvalue weighted by Crippen LogP contribution is 2.35. The van der Waals surface area contributed by atoms with Gasteiger partial charge < -0.3 is 15.5 Å². The molecule has 0 aliphatic carbocycles. The van der Waals surface area contributed by atoms with Crippen molar-refractivity contribution in [2.24, 2.45) is 5.73 Å². The first-order valence-corrected chi connectivity index (χ1v) is 10.2. The zero-order chi connectivity index (χ0) is 19.2. The van der Waals surface area contributed by atoms with Crippen molar-refractivity contribution in [3.63, 3.8) is 0 Å². The molecule has 3 nitrogen and oxygen atoms in total. The summed E-state index contributed by atoms with van der Waals surface area (Å²) in [5, 5.41) is 1.38. The van der Waals surface area contributed by atoms with Gasteiger partial charge >= 0.3 is 0 Å². The summed E-state index contributed by atoms with van der Waals surface area (Å²) in [6.45, 7) is 8.09. The fourth-order valence-corrected chi connectivity index (χ4v) is 3.68. The lowest BCUT2D eigenvalue weighted by atomic mass is 9.97. The molecular formula is C24H32N2O. The van der Waals surface area contributed by atoms with Crippen LogP contribution in [0, 0.1) is 13.8 Å². The van der Waals surface area contributed by atoms with Gasteiger partial charge in [0.1, 0.15) is 5.75 Å². The zero-order valence-corrected chi connectivity index (χ0v) is 16.9. The van der Waals surface area contributed by atoms with Crippen LogP contribution < -0.4 is 10.5 Å². The van der Waals surface area contributed by atoms with Crippen molar-refractivity contribution in [3.8, 4) is 17.0 Å². The topological polar surface area (TPSA) is 51.0 Å². The molecule has 3 heteroatoms. The molecule has 3 aromatic rings. The lowest BCUT2D eigenvalue weighted by molar-refractivity contribution is 0.309. The Morgan fingerprint density at radius 1 is 0.926 bits per heavy atom. The molecule has 0 fully saturated rings. The highest BCUT2D eigenvalue weighted by Gasteiger charge is 2.16. The van der Waals surface area contributed by atoms with Gasteiger partial charge in [0.05, 0.1) is 6.61 Å². The van der Waals surface area contributed by atoms with Gasteiger partial charge in [-0.25, -0.2) is 0 Å². The predicted molar refractivity (Wildman–Crippen MR) is 116 cm³/mol. The highest BCUT2D eigenvalue weighted by atomic mass is 16.5. The number of H-pyrrole nitrogens is 1. The third-order valence-electron chi connectivity index (χ3n) is 5.27. The molecule has 3 rings (SSSR count). The van der Waals surface area contributed by atoms with Crippen molar-refractivity contribution < 1.29 is 4.74 Å². The summed E-state index contributed by atoms with van der Waals surface area (Å²) in [5.41, 5.74) is 13.5. The molecule has 0 aliphatic rings. The van der Waals surface area contributed by atoms with Crippen LogP contribution in [0.4, 0.5) is 0 Å². The number of rotatable bonds is 9. The monoisotopic (exact) mass is 364 g/mol. The van der Waals surface area contributed by atoms with E-state index in [0.717, 1.165) is 51.0 Å². The van der Waals surface area contributed by atoms with E-state index < -0.39 is 0 Å². The number of unbranched alkanes of at least 4 members (excludes halogenated alkanes) is 2. The Labute approximate surface area is 162 Å². The molecule has 0 bridgehead atoms. The van der Waals surface area contributed by atoms with E-state index in [0.29, 0.717) is 0 Å². The summed E-state index contributed by atoms with van der Waals surface area (Å²) in [6, 6.07) is 12.9. The second-order valence-electron chi connectivity index (χ2n) is 7.40. The first-order chi connectivity index (χ1) is 13.2. The number of ether oxygens (including phenoxy) is 1. The van der Waals surface area contributed by atoms with Crippen LogP contribution in [-0.4, -0.2) is 18.1 Å². The maximum absolute atomic E-state index is 5.82. The Hall–Kier alpha value is -2.26. The third kappa shape index (κ3) is 4.36. The predicted octanol–water partition coefficient (Wildman–Crippen LogP) is 5.91. The number of fused-ring (bicyclic) bond motifs is 1. The van der Waals surface area contributed by atoms with E-state index in [9.17, 15) is 0 Å². The average molecular weight is 365 g/mol. The molecule has 0 saturated carbocycles. The molecule has 0 saturated heterocycles. The van der Waals surface area contributed by atoms with Crippen LogP contribution in [0.25, 0.3) is 22.2 Å². The SMILES string of the molecule is CCCCOc1ccc(-c2[nH]c3c(C)ccc(C)c3c2CCCCN)cc1. The van der Waals surface area contributed by atoms with Crippen molar-refractivity contribution in [2.45, 2.75) is 52.9 Å². The summed E-state index contributed by atoms with van der Waals surface area (Å²) in [7, 11) is 0. The Bertz CT molecular complexity index is 878. The van der Waals surface area contributed by atoms with Gasteiger partial charge in [0, 0.05) is 16.6 Å². The van der Waals surface area contributed by atoms with Crippen LogP contribution in [0.3, 0.4) is 0 Å². The van der Waals surface area contributed by atoms with Crippen LogP contribution in [0.5, 0.6) is 5.75 Å². The number of hydrogen-bond acceptors (Lipinski definition) is 2. The molecule has 0 radical (unpaired) electrons. The van der Waals surface area contributed by atoms with Crippen LogP contribution in [0.15, 0.2) is 36.4 Å². The summed E-state index contributed by atoms with van der Waals surface area (Å²) in [6.07, 6.45) is 5.46. The van der Waals surface area contributed by atoms with Crippen molar-refractivity contribution in [1.29, 1.82) is 0 Å². The molecular weight excluding hydrogens is 332 g/mol. The molecule has 0 aliphatic heterocycles. The summed E-state index contributed by atoms with van der Waals surface area (Å²) < 4.78 is 5.82. The fraction of sp³-hybridized carbons (Fsp3) is 0.417. The van der Waals surface area contributed by atoms with Gasteiger partial charge in [-0.2, -0.15) is 0 Å². The van der Waals surface area contributed by atoms with E-state index in [-0.39, 0.29) is 0 Å². The van der Waals surface area contributed by atoms with E-state index >= 15 is 0 Å². The Kier molecular flexibility index (Phi) is 6.57. The summed E-state index contributed by atoms with van der Waals surface area (Å²) >= 11 is 0. The number of benzene rings is 2. The van der Waals surface area contributed by atoms with Gasteiger partial charge in [-0.3, -0.25) is 0 Å². The fourth-order valence-electron chi connectivity index (χ4n) is 3.68. The Morgan fingerprint density at radius 3 is 2.37 bits per heavy atom. The van der Waals surface area contributed by atoms with E-state index in [4.69, 9.17) is 10.5 Å². The molecule has 0 atom stereocenters. The third-order valence-corrected chi connectivity index (χ3v) is 5.27. The largest absolute Gasteiger partial charge is 0.494 e. The van der Waals surface area contributed by atoms with E-state index in [1.807, 2.05) is 0 Å². The zero-order valence-electron chi connectivity index (χ0n) is 16.9. The lowest BCUT2D eigenvalue weighted by Crippen LogP contribution is -1.99. The van der Waals surface area contributed by atoms with Crippen LogP contribution in [-0.2, 0) is 6.42 Å². The van der Waals surface area contributed by atoms with Crippen LogP contribution in [0.2, 0.25) is 0 Å². The molecule has 0 amide bonds. The van der Waals surface area contributed by atoms with Gasteiger partial charge in [0.15, 0.2) is 0 Å². The van der Waals surface area contributed by atoms with Crippen LogP contribution >= 0.6 is 0 Å². The van der Waals surface area contributed by atoms with Gasteiger partial charge in [-0.1, -0.05) is 25.5 Å². The molecule has 0 spiro atoms. The maximum atomic E-state index is 5.82. The molecule has 2 aromatic carbocycles. The quantitative estimate of drug-likeness (QED) is 0.464. The summed E-state index contributed by atoms with van der Waals surface area (Å²) in [4.78, 5) is 3.72. The van der Waals surface area contributed by atoms with E-state index in [2.05, 4.69) is 62.2 Å². The number of aromatic amines is 1. The minimum Gasteiger partial charge on any atom is -0.494 e. The first-order valence-electron chi connectivity index (χ1n) is 10.2. The van der Waals surface area contributed by atoms with Crippen molar-refractivity contribution >= 4 is 10.9 Å².